The highest BCUT2D eigenvalue weighted by Crippen LogP contribution is 2.34. The Morgan fingerprint density at radius 3 is 2.64 bits per heavy atom. The van der Waals surface area contributed by atoms with Crippen molar-refractivity contribution < 1.29 is 4.74 Å². The van der Waals surface area contributed by atoms with E-state index in [9.17, 15) is 0 Å². The number of hydrogen-bond donors (Lipinski definition) is 1. The molecule has 0 aromatic rings. The topological polar surface area (TPSA) is 21.3 Å². The van der Waals surface area contributed by atoms with E-state index in [0.717, 1.165) is 13.2 Å². The minimum absolute atomic E-state index is 0.467. The second kappa shape index (κ2) is 2.46. The molecule has 0 bridgehead atoms. The lowest BCUT2D eigenvalue weighted by Crippen LogP contribution is -2.64. The molecule has 0 aromatic carbocycles. The maximum absolute atomic E-state index is 5.63. The average Bonchev–Trinajstić information content (AvgIpc) is 2.38. The largest absolute Gasteiger partial charge is 0.377 e. The van der Waals surface area contributed by atoms with Crippen molar-refractivity contribution in [3.8, 4) is 0 Å². The summed E-state index contributed by atoms with van der Waals surface area (Å²) in [6, 6.07) is 0.616. The van der Waals surface area contributed by atoms with Crippen molar-refractivity contribution in [2.45, 2.75) is 38.8 Å². The van der Waals surface area contributed by atoms with Gasteiger partial charge in [-0.1, -0.05) is 13.8 Å². The van der Waals surface area contributed by atoms with E-state index in [1.807, 2.05) is 0 Å². The minimum atomic E-state index is 0.467. The summed E-state index contributed by atoms with van der Waals surface area (Å²) < 4.78 is 5.63. The van der Waals surface area contributed by atoms with E-state index in [4.69, 9.17) is 4.74 Å². The third kappa shape index (κ3) is 1.18. The Kier molecular flexibility index (Phi) is 1.69. The van der Waals surface area contributed by atoms with Gasteiger partial charge in [-0.2, -0.15) is 0 Å². The maximum atomic E-state index is 5.63. The quantitative estimate of drug-likeness (QED) is 0.613. The SMILES string of the molecule is CC1(C)CN[C@H]1[C@@H]1CCCO1. The molecule has 64 valence electrons. The molecule has 2 fully saturated rings. The van der Waals surface area contributed by atoms with Crippen LogP contribution >= 0.6 is 0 Å². The fourth-order valence-corrected chi connectivity index (χ4v) is 2.13. The molecular weight excluding hydrogens is 138 g/mol. The van der Waals surface area contributed by atoms with Crippen molar-refractivity contribution in [1.29, 1.82) is 0 Å². The maximum Gasteiger partial charge on any atom is 0.0734 e. The van der Waals surface area contributed by atoms with Crippen molar-refractivity contribution in [1.82, 2.24) is 5.32 Å². The molecule has 2 saturated heterocycles. The van der Waals surface area contributed by atoms with Gasteiger partial charge in [-0.25, -0.2) is 0 Å². The monoisotopic (exact) mass is 155 g/mol. The van der Waals surface area contributed by atoms with E-state index in [2.05, 4.69) is 19.2 Å². The van der Waals surface area contributed by atoms with E-state index in [0.29, 0.717) is 17.6 Å². The molecule has 2 nitrogen and oxygen atoms in total. The van der Waals surface area contributed by atoms with Gasteiger partial charge in [0.15, 0.2) is 0 Å². The van der Waals surface area contributed by atoms with Crippen LogP contribution in [0.3, 0.4) is 0 Å². The summed E-state index contributed by atoms with van der Waals surface area (Å²) in [5, 5.41) is 3.45. The summed E-state index contributed by atoms with van der Waals surface area (Å²) in [5.41, 5.74) is 0.467. The lowest BCUT2D eigenvalue weighted by Gasteiger charge is -2.48. The lowest BCUT2D eigenvalue weighted by molar-refractivity contribution is -0.0117. The Hall–Kier alpha value is -0.0800. The summed E-state index contributed by atoms with van der Waals surface area (Å²) in [4.78, 5) is 0. The predicted octanol–water partition coefficient (Wildman–Crippen LogP) is 1.16. The predicted molar refractivity (Wildman–Crippen MR) is 44.5 cm³/mol. The second-order valence-corrected chi connectivity index (χ2v) is 4.40. The Morgan fingerprint density at radius 2 is 2.27 bits per heavy atom. The Balaban J connectivity index is 1.94. The summed E-state index contributed by atoms with van der Waals surface area (Å²) in [6.45, 7) is 6.75. The summed E-state index contributed by atoms with van der Waals surface area (Å²) in [7, 11) is 0. The fraction of sp³-hybridized carbons (Fsp3) is 1.00. The summed E-state index contributed by atoms with van der Waals surface area (Å²) >= 11 is 0. The fourth-order valence-electron chi connectivity index (χ4n) is 2.13. The highest BCUT2D eigenvalue weighted by Gasteiger charge is 2.44. The number of hydrogen-bond acceptors (Lipinski definition) is 2. The summed E-state index contributed by atoms with van der Waals surface area (Å²) in [6.07, 6.45) is 3.00. The van der Waals surface area contributed by atoms with Crippen LogP contribution in [0.1, 0.15) is 26.7 Å². The molecule has 2 heteroatoms. The molecule has 1 N–H and O–H groups in total. The Bertz CT molecular complexity index is 150. The van der Waals surface area contributed by atoms with Gasteiger partial charge >= 0.3 is 0 Å². The number of nitrogens with one attached hydrogen (secondary N) is 1. The highest BCUT2D eigenvalue weighted by atomic mass is 16.5. The van der Waals surface area contributed by atoms with Crippen LogP contribution in [0.4, 0.5) is 0 Å². The summed E-state index contributed by atoms with van der Waals surface area (Å²) in [5.74, 6) is 0. The first-order valence-corrected chi connectivity index (χ1v) is 4.55. The van der Waals surface area contributed by atoms with Crippen LogP contribution in [-0.2, 0) is 4.74 Å². The van der Waals surface area contributed by atoms with Crippen LogP contribution < -0.4 is 5.32 Å². The molecule has 11 heavy (non-hydrogen) atoms. The average molecular weight is 155 g/mol. The standard InChI is InChI=1S/C9H17NO/c1-9(2)6-10-8(9)7-4-3-5-11-7/h7-8,10H,3-6H2,1-2H3/t7-,8-/m0/s1. The van der Waals surface area contributed by atoms with Crippen LogP contribution in [0.25, 0.3) is 0 Å². The van der Waals surface area contributed by atoms with Crippen molar-refractivity contribution in [2.24, 2.45) is 5.41 Å². The molecule has 0 aromatic heterocycles. The van der Waals surface area contributed by atoms with Gasteiger partial charge in [0.05, 0.1) is 6.10 Å². The smallest absolute Gasteiger partial charge is 0.0734 e. The van der Waals surface area contributed by atoms with Gasteiger partial charge in [0.25, 0.3) is 0 Å². The van der Waals surface area contributed by atoms with Gasteiger partial charge in [-0.15, -0.1) is 0 Å². The highest BCUT2D eigenvalue weighted by molar-refractivity contribution is 5.01. The van der Waals surface area contributed by atoms with E-state index < -0.39 is 0 Å². The minimum Gasteiger partial charge on any atom is -0.377 e. The molecule has 2 aliphatic rings. The normalized spacial score (nSPS) is 42.0. The van der Waals surface area contributed by atoms with Gasteiger partial charge in [0, 0.05) is 19.2 Å². The molecule has 0 amide bonds. The second-order valence-electron chi connectivity index (χ2n) is 4.40. The number of ether oxygens (including phenoxy) is 1. The molecule has 2 atom stereocenters. The van der Waals surface area contributed by atoms with E-state index in [-0.39, 0.29) is 0 Å². The van der Waals surface area contributed by atoms with Crippen LogP contribution in [0.15, 0.2) is 0 Å². The van der Waals surface area contributed by atoms with Gasteiger partial charge < -0.3 is 10.1 Å². The van der Waals surface area contributed by atoms with Crippen LogP contribution in [0, 0.1) is 5.41 Å². The van der Waals surface area contributed by atoms with Crippen molar-refractivity contribution in [3.05, 3.63) is 0 Å². The first-order chi connectivity index (χ1) is 5.20. The Labute approximate surface area is 68.3 Å². The molecule has 2 heterocycles. The zero-order valence-corrected chi connectivity index (χ0v) is 7.39. The van der Waals surface area contributed by atoms with Crippen molar-refractivity contribution in [3.63, 3.8) is 0 Å². The van der Waals surface area contributed by atoms with Gasteiger partial charge in [-0.3, -0.25) is 0 Å². The molecule has 0 aliphatic carbocycles. The van der Waals surface area contributed by atoms with Crippen LogP contribution in [0.5, 0.6) is 0 Å². The van der Waals surface area contributed by atoms with E-state index in [1.165, 1.54) is 12.8 Å². The molecule has 0 radical (unpaired) electrons. The Morgan fingerprint density at radius 1 is 1.45 bits per heavy atom. The van der Waals surface area contributed by atoms with Crippen LogP contribution in [0.2, 0.25) is 0 Å². The molecule has 0 unspecified atom stereocenters. The molecule has 2 aliphatic heterocycles. The van der Waals surface area contributed by atoms with E-state index >= 15 is 0 Å². The third-order valence-electron chi connectivity index (χ3n) is 2.96. The zero-order valence-electron chi connectivity index (χ0n) is 7.39. The third-order valence-corrected chi connectivity index (χ3v) is 2.96. The lowest BCUT2D eigenvalue weighted by atomic mass is 9.74. The van der Waals surface area contributed by atoms with Gasteiger partial charge in [0.2, 0.25) is 0 Å². The van der Waals surface area contributed by atoms with Crippen LogP contribution in [-0.4, -0.2) is 25.3 Å². The van der Waals surface area contributed by atoms with Crippen molar-refractivity contribution in [2.75, 3.05) is 13.2 Å². The first kappa shape index (κ1) is 7.56. The zero-order chi connectivity index (χ0) is 7.90. The van der Waals surface area contributed by atoms with Crippen molar-refractivity contribution >= 4 is 0 Å². The molecular formula is C9H17NO. The molecule has 0 saturated carbocycles. The first-order valence-electron chi connectivity index (χ1n) is 4.55. The van der Waals surface area contributed by atoms with E-state index in [1.54, 1.807) is 0 Å². The van der Waals surface area contributed by atoms with Gasteiger partial charge in [-0.05, 0) is 18.3 Å². The van der Waals surface area contributed by atoms with Gasteiger partial charge in [0.1, 0.15) is 0 Å². The molecule has 2 rings (SSSR count). The molecule has 0 spiro atoms. The number of rotatable bonds is 1.